The Balaban J connectivity index is 0.000000190. The largest absolute Gasteiger partial charge is 2.00 e. The zero-order valence-corrected chi connectivity index (χ0v) is 47.4. The van der Waals surface area contributed by atoms with Gasteiger partial charge in [-0.05, 0) is 148 Å². The summed E-state index contributed by atoms with van der Waals surface area (Å²) in [5.41, 5.74) is 13.3. The molecular weight excluding hydrogens is 1190 g/mol. The van der Waals surface area contributed by atoms with Gasteiger partial charge in [-0.15, -0.1) is 0 Å². The fourth-order valence-electron chi connectivity index (χ4n) is 7.18. The van der Waals surface area contributed by atoms with Gasteiger partial charge in [0.1, 0.15) is 45.6 Å². The van der Waals surface area contributed by atoms with Gasteiger partial charge in [0.25, 0.3) is 0 Å². The first-order chi connectivity index (χ1) is 41.0. The van der Waals surface area contributed by atoms with Crippen molar-refractivity contribution in [3.8, 4) is 91.1 Å². The Morgan fingerprint density at radius 1 is 0.244 bits per heavy atom. The summed E-state index contributed by atoms with van der Waals surface area (Å²) in [5.74, 6) is -4.56. The smallest absolute Gasteiger partial charge is 0.550 e. The average Bonchev–Trinajstić information content (AvgIpc) is 4.55. The van der Waals surface area contributed by atoms with Gasteiger partial charge in [0, 0.05) is 73.5 Å². The van der Waals surface area contributed by atoms with E-state index in [1.165, 1.54) is 0 Å². The van der Waals surface area contributed by atoms with Crippen LogP contribution >= 0.6 is 0 Å². The third kappa shape index (κ3) is 22.2. The topological polar surface area (TPSA) is 442 Å². The standard InChI is InChI=1S/4C11H9N5.2C6H10O4.2Fe/c4*1-2-8(10-4-6-12-15-10)14-9(3-1)11-5-7-13-16-11;2*7-5(8)3-1-2-4-6(9)10;;/h4*1-7H,(H,12,15)(H,13,16);2*1-4H2,(H,7,8)(H,9,10);;/q;;;;;;2*+2/p-4. The number of aliphatic carboxylic acids is 4. The number of carbonyl (C=O) groups is 4. The molecule has 0 saturated heterocycles. The molecule has 0 amide bonds. The second-order valence-electron chi connectivity index (χ2n) is 17.2. The molecule has 0 aliphatic rings. The van der Waals surface area contributed by atoms with E-state index >= 15 is 0 Å². The number of carbonyl (C=O) groups excluding carboxylic acids is 4. The molecule has 12 heterocycles. The molecule has 0 unspecified atom stereocenters. The molecule has 86 heavy (non-hydrogen) atoms. The van der Waals surface area contributed by atoms with E-state index < -0.39 is 23.9 Å². The molecule has 0 aromatic carbocycles. The Hall–Kier alpha value is -10.8. The molecule has 12 rings (SSSR count). The Bertz CT molecular complexity index is 3080. The molecule has 0 saturated carbocycles. The van der Waals surface area contributed by atoms with E-state index in [4.69, 9.17) is 0 Å². The van der Waals surface area contributed by atoms with Crippen molar-refractivity contribution in [3.05, 3.63) is 171 Å². The summed E-state index contributed by atoms with van der Waals surface area (Å²) in [5, 5.41) is 94.0. The van der Waals surface area contributed by atoms with Crippen molar-refractivity contribution in [3.63, 3.8) is 0 Å². The first-order valence-electron chi connectivity index (χ1n) is 25.7. The molecule has 30 heteroatoms. The fraction of sp³-hybridized carbons (Fsp3) is 0.143. The number of H-pyrrole nitrogens is 8. The van der Waals surface area contributed by atoms with E-state index in [1.807, 2.05) is 121 Å². The van der Waals surface area contributed by atoms with Crippen LogP contribution in [0.25, 0.3) is 91.1 Å². The van der Waals surface area contributed by atoms with Gasteiger partial charge in [-0.1, -0.05) is 24.3 Å². The van der Waals surface area contributed by atoms with Crippen molar-refractivity contribution in [1.82, 2.24) is 102 Å². The van der Waals surface area contributed by atoms with Crippen LogP contribution in [0.2, 0.25) is 0 Å². The van der Waals surface area contributed by atoms with Crippen molar-refractivity contribution >= 4 is 23.9 Å². The van der Waals surface area contributed by atoms with Crippen molar-refractivity contribution in [2.45, 2.75) is 51.4 Å². The number of hydrogen-bond acceptors (Lipinski definition) is 20. The van der Waals surface area contributed by atoms with Crippen LogP contribution in [-0.2, 0) is 53.3 Å². The molecule has 12 aromatic heterocycles. The van der Waals surface area contributed by atoms with Crippen LogP contribution in [-0.4, -0.2) is 125 Å². The monoisotopic (exact) mass is 1240 g/mol. The van der Waals surface area contributed by atoms with Gasteiger partial charge < -0.3 is 39.6 Å². The Labute approximate surface area is 510 Å². The number of nitrogens with one attached hydrogen (secondary N) is 8. The van der Waals surface area contributed by atoms with E-state index in [0.29, 0.717) is 25.7 Å². The minimum atomic E-state index is -1.14. The van der Waals surface area contributed by atoms with E-state index in [1.54, 1.807) is 49.6 Å². The molecule has 0 atom stereocenters. The van der Waals surface area contributed by atoms with Crippen LogP contribution in [0.1, 0.15) is 51.4 Å². The number of carboxylic acid groups (broad SMARTS) is 4. The minimum absolute atomic E-state index is 0. The number of aromatic nitrogens is 20. The number of aromatic amines is 8. The third-order valence-corrected chi connectivity index (χ3v) is 11.1. The van der Waals surface area contributed by atoms with E-state index in [0.717, 1.165) is 91.1 Å². The summed E-state index contributed by atoms with van der Waals surface area (Å²) in [7, 11) is 0. The van der Waals surface area contributed by atoms with E-state index in [2.05, 4.69) is 102 Å². The number of rotatable bonds is 18. The molecule has 0 spiro atoms. The van der Waals surface area contributed by atoms with Gasteiger partial charge in [0.2, 0.25) is 0 Å². The molecule has 0 aliphatic heterocycles. The number of carboxylic acids is 4. The van der Waals surface area contributed by atoms with Gasteiger partial charge >= 0.3 is 34.1 Å². The van der Waals surface area contributed by atoms with E-state index in [-0.39, 0.29) is 59.8 Å². The zero-order chi connectivity index (χ0) is 59.1. The first kappa shape index (κ1) is 66.0. The molecule has 0 radical (unpaired) electrons. The Morgan fingerprint density at radius 2 is 0.384 bits per heavy atom. The third-order valence-electron chi connectivity index (χ3n) is 11.1. The molecule has 12 aromatic rings. The minimum Gasteiger partial charge on any atom is -0.550 e. The van der Waals surface area contributed by atoms with Gasteiger partial charge in [0.15, 0.2) is 0 Å². The average molecular weight is 1240 g/mol. The summed E-state index contributed by atoms with van der Waals surface area (Å²) >= 11 is 0. The van der Waals surface area contributed by atoms with Crippen molar-refractivity contribution < 1.29 is 73.7 Å². The molecule has 28 nitrogen and oxygen atoms in total. The molecule has 440 valence electrons. The predicted molar refractivity (Wildman–Crippen MR) is 295 cm³/mol. The number of hydrogen-bond donors (Lipinski definition) is 8. The predicted octanol–water partition coefficient (Wildman–Crippen LogP) is 3.54. The normalized spacial score (nSPS) is 9.95. The van der Waals surface area contributed by atoms with Crippen LogP contribution in [0.3, 0.4) is 0 Å². The van der Waals surface area contributed by atoms with Crippen molar-refractivity contribution in [2.75, 3.05) is 0 Å². The number of pyridine rings is 4. The molecule has 0 bridgehead atoms. The van der Waals surface area contributed by atoms with Crippen LogP contribution in [0, 0.1) is 0 Å². The summed E-state index contributed by atoms with van der Waals surface area (Å²) < 4.78 is 0. The number of nitrogens with zero attached hydrogens (tertiary/aromatic N) is 12. The first-order valence-corrected chi connectivity index (χ1v) is 25.7. The summed E-state index contributed by atoms with van der Waals surface area (Å²) in [6.07, 6.45) is 15.3. The Morgan fingerprint density at radius 3 is 0.488 bits per heavy atom. The molecular formula is C56H52Fe2N20O8. The quantitative estimate of drug-likeness (QED) is 0.0450. The maximum absolute atomic E-state index is 9.77. The Kier molecular flexibility index (Phi) is 27.6. The fourth-order valence-corrected chi connectivity index (χ4v) is 7.18. The molecule has 0 aliphatic carbocycles. The van der Waals surface area contributed by atoms with Crippen LogP contribution in [0.15, 0.2) is 171 Å². The maximum atomic E-state index is 9.77. The second kappa shape index (κ2) is 35.9. The van der Waals surface area contributed by atoms with Crippen LogP contribution < -0.4 is 20.4 Å². The van der Waals surface area contributed by atoms with Gasteiger partial charge in [-0.25, -0.2) is 19.9 Å². The summed E-state index contributed by atoms with van der Waals surface area (Å²) in [6.45, 7) is 0. The van der Waals surface area contributed by atoms with Crippen LogP contribution in [0.4, 0.5) is 0 Å². The second-order valence-corrected chi connectivity index (χ2v) is 17.2. The maximum Gasteiger partial charge on any atom is 2.00 e. The van der Waals surface area contributed by atoms with Crippen LogP contribution in [0.5, 0.6) is 0 Å². The SMILES string of the molecule is O=C([O-])CCCCC(=O)[O-].O=C([O-])CCCCC(=O)[O-].[Fe+2].[Fe+2].c1cc(-c2cc[nH]n2)nc(-c2cc[nH]n2)c1.c1cc(-c2cc[nH]n2)nc(-c2cc[nH]n2)c1.c1cc(-c2cc[nH]n2)nc(-c2cc[nH]n2)c1.c1cc(-c2cc[nH]n2)nc(-c2cc[nH]n2)c1. The summed E-state index contributed by atoms with van der Waals surface area (Å²) in [4.78, 5) is 57.1. The van der Waals surface area contributed by atoms with Gasteiger partial charge in [-0.2, -0.15) is 40.8 Å². The van der Waals surface area contributed by atoms with Gasteiger partial charge in [0.05, 0.1) is 45.6 Å². The van der Waals surface area contributed by atoms with Crippen molar-refractivity contribution in [2.24, 2.45) is 0 Å². The van der Waals surface area contributed by atoms with Gasteiger partial charge in [-0.3, -0.25) is 40.8 Å². The van der Waals surface area contributed by atoms with Crippen molar-refractivity contribution in [1.29, 1.82) is 0 Å². The number of unbranched alkanes of at least 4 members (excludes halogenated alkanes) is 2. The molecule has 8 N–H and O–H groups in total. The molecule has 0 fully saturated rings. The summed E-state index contributed by atoms with van der Waals surface area (Å²) in [6, 6.07) is 38.3. The van der Waals surface area contributed by atoms with E-state index in [9.17, 15) is 39.6 Å². The zero-order valence-electron chi connectivity index (χ0n) is 45.2.